The Morgan fingerprint density at radius 2 is 2.00 bits per heavy atom. The molecule has 2 N–H and O–H groups in total. The van der Waals surface area contributed by atoms with Gasteiger partial charge in [-0.15, -0.1) is 11.8 Å². The number of phenolic OH excluding ortho intramolecular Hbond substituents is 1. The Morgan fingerprint density at radius 1 is 1.15 bits per heavy atom. The number of nitrogens with zero attached hydrogens (tertiary/aromatic N) is 1. The van der Waals surface area contributed by atoms with Crippen molar-refractivity contribution < 1.29 is 5.11 Å². The van der Waals surface area contributed by atoms with Crippen LogP contribution in [0.25, 0.3) is 10.9 Å². The summed E-state index contributed by atoms with van der Waals surface area (Å²) in [5.74, 6) is 1.40. The predicted molar refractivity (Wildman–Crippen MR) is 80.0 cm³/mol. The third-order valence-corrected chi connectivity index (χ3v) is 3.86. The van der Waals surface area contributed by atoms with E-state index in [1.54, 1.807) is 24.3 Å². The lowest BCUT2D eigenvalue weighted by Gasteiger charge is -2.03. The molecule has 0 spiro atoms. The Labute approximate surface area is 119 Å². The zero-order valence-electron chi connectivity index (χ0n) is 10.5. The highest BCUT2D eigenvalue weighted by molar-refractivity contribution is 7.98. The predicted octanol–water partition coefficient (Wildman–Crippen LogP) is 2.92. The molecule has 0 bridgehead atoms. The quantitative estimate of drug-likeness (QED) is 0.726. The fourth-order valence-electron chi connectivity index (χ4n) is 1.93. The summed E-state index contributed by atoms with van der Waals surface area (Å²) in [6, 6.07) is 14.3. The van der Waals surface area contributed by atoms with Gasteiger partial charge in [-0.1, -0.05) is 18.2 Å². The van der Waals surface area contributed by atoms with Crippen LogP contribution < -0.4 is 5.56 Å². The first-order valence-corrected chi connectivity index (χ1v) is 7.11. The summed E-state index contributed by atoms with van der Waals surface area (Å²) in [6.07, 6.45) is 0. The highest BCUT2D eigenvalue weighted by Crippen LogP contribution is 2.24. The third-order valence-electron chi connectivity index (χ3n) is 2.86. The monoisotopic (exact) mass is 284 g/mol. The lowest BCUT2D eigenvalue weighted by atomic mass is 10.2. The summed E-state index contributed by atoms with van der Waals surface area (Å²) in [4.78, 5) is 20.1. The summed E-state index contributed by atoms with van der Waals surface area (Å²) in [5, 5.41) is 10.0. The molecular formula is C15H12N2O2S. The van der Waals surface area contributed by atoms with Crippen LogP contribution in [0.1, 0.15) is 5.82 Å². The number of nitrogens with one attached hydrogen (secondary N) is 1. The average molecular weight is 284 g/mol. The summed E-state index contributed by atoms with van der Waals surface area (Å²) in [7, 11) is 0. The van der Waals surface area contributed by atoms with E-state index in [0.717, 1.165) is 4.90 Å². The lowest BCUT2D eigenvalue weighted by molar-refractivity contribution is 0.474. The second-order valence-corrected chi connectivity index (χ2v) is 5.36. The molecule has 20 heavy (non-hydrogen) atoms. The Bertz CT molecular complexity index is 814. The first kappa shape index (κ1) is 12.7. The molecule has 0 aliphatic carbocycles. The molecule has 0 unspecified atom stereocenters. The molecule has 0 aliphatic heterocycles. The fraction of sp³-hybridized carbons (Fsp3) is 0.0667. The maximum Gasteiger partial charge on any atom is 0.258 e. The molecule has 0 atom stereocenters. The van der Waals surface area contributed by atoms with Crippen LogP contribution in [0.5, 0.6) is 5.75 Å². The zero-order chi connectivity index (χ0) is 13.9. The Hall–Kier alpha value is -2.27. The summed E-state index contributed by atoms with van der Waals surface area (Å²) < 4.78 is 0. The second kappa shape index (κ2) is 5.38. The molecule has 0 amide bonds. The Balaban J connectivity index is 1.86. The van der Waals surface area contributed by atoms with E-state index in [4.69, 9.17) is 0 Å². The van der Waals surface area contributed by atoms with Gasteiger partial charge in [0, 0.05) is 4.90 Å². The van der Waals surface area contributed by atoms with Crippen LogP contribution in [0.3, 0.4) is 0 Å². The highest BCUT2D eigenvalue weighted by Gasteiger charge is 2.04. The number of H-pyrrole nitrogens is 1. The Kier molecular flexibility index (Phi) is 3.43. The van der Waals surface area contributed by atoms with Gasteiger partial charge in [-0.3, -0.25) is 4.79 Å². The summed E-state index contributed by atoms with van der Waals surface area (Å²) in [5.41, 5.74) is 0.574. The van der Waals surface area contributed by atoms with Crippen molar-refractivity contribution in [2.24, 2.45) is 0 Å². The van der Waals surface area contributed by atoms with E-state index in [2.05, 4.69) is 9.97 Å². The van der Waals surface area contributed by atoms with E-state index >= 15 is 0 Å². The molecule has 1 aromatic heterocycles. The number of hydrogen-bond donors (Lipinski definition) is 2. The molecule has 5 heteroatoms. The number of para-hydroxylation sites is 1. The maximum absolute atomic E-state index is 11.9. The average Bonchev–Trinajstić information content (AvgIpc) is 2.45. The zero-order valence-corrected chi connectivity index (χ0v) is 11.4. The van der Waals surface area contributed by atoms with E-state index in [-0.39, 0.29) is 11.3 Å². The third kappa shape index (κ3) is 2.67. The van der Waals surface area contributed by atoms with Crippen molar-refractivity contribution in [1.29, 1.82) is 0 Å². The minimum absolute atomic E-state index is 0.123. The van der Waals surface area contributed by atoms with Crippen molar-refractivity contribution in [3.63, 3.8) is 0 Å². The first-order chi connectivity index (χ1) is 9.72. The number of rotatable bonds is 3. The number of phenols is 1. The largest absolute Gasteiger partial charge is 0.508 e. The van der Waals surface area contributed by atoms with Crippen molar-refractivity contribution in [2.75, 3.05) is 0 Å². The smallest absolute Gasteiger partial charge is 0.258 e. The van der Waals surface area contributed by atoms with Crippen molar-refractivity contribution in [2.45, 2.75) is 10.6 Å². The van der Waals surface area contributed by atoms with Gasteiger partial charge in [0.25, 0.3) is 5.56 Å². The van der Waals surface area contributed by atoms with Crippen LogP contribution >= 0.6 is 11.8 Å². The number of benzene rings is 2. The molecule has 0 radical (unpaired) electrons. The van der Waals surface area contributed by atoms with Crippen LogP contribution in [0, 0.1) is 0 Å². The molecule has 1 heterocycles. The van der Waals surface area contributed by atoms with E-state index in [0.29, 0.717) is 22.5 Å². The van der Waals surface area contributed by atoms with Crippen molar-refractivity contribution in [3.05, 3.63) is 64.7 Å². The second-order valence-electron chi connectivity index (χ2n) is 4.32. The molecule has 3 aromatic rings. The molecule has 0 saturated heterocycles. The van der Waals surface area contributed by atoms with Gasteiger partial charge in [0.05, 0.1) is 16.7 Å². The van der Waals surface area contributed by atoms with Crippen LogP contribution in [-0.2, 0) is 5.75 Å². The number of aromatic nitrogens is 2. The minimum atomic E-state index is -0.123. The van der Waals surface area contributed by atoms with Gasteiger partial charge in [-0.05, 0) is 30.3 Å². The van der Waals surface area contributed by atoms with Gasteiger partial charge >= 0.3 is 0 Å². The summed E-state index contributed by atoms with van der Waals surface area (Å²) >= 11 is 1.51. The number of aromatic hydroxyl groups is 1. The molecule has 0 aliphatic rings. The molecule has 100 valence electrons. The van der Waals surface area contributed by atoms with Crippen LogP contribution in [-0.4, -0.2) is 15.1 Å². The summed E-state index contributed by atoms with van der Waals surface area (Å²) in [6.45, 7) is 0. The molecule has 0 fully saturated rings. The number of thioether (sulfide) groups is 1. The molecule has 4 nitrogen and oxygen atoms in total. The van der Waals surface area contributed by atoms with Crippen molar-refractivity contribution >= 4 is 22.7 Å². The van der Waals surface area contributed by atoms with Crippen LogP contribution in [0.2, 0.25) is 0 Å². The van der Waals surface area contributed by atoms with Crippen molar-refractivity contribution in [3.8, 4) is 5.75 Å². The van der Waals surface area contributed by atoms with Gasteiger partial charge < -0.3 is 10.1 Å². The van der Waals surface area contributed by atoms with Gasteiger partial charge in [-0.2, -0.15) is 0 Å². The van der Waals surface area contributed by atoms with E-state index < -0.39 is 0 Å². The van der Waals surface area contributed by atoms with Crippen LogP contribution in [0.4, 0.5) is 0 Å². The Morgan fingerprint density at radius 3 is 2.85 bits per heavy atom. The topological polar surface area (TPSA) is 66.0 Å². The van der Waals surface area contributed by atoms with Crippen molar-refractivity contribution in [1.82, 2.24) is 9.97 Å². The maximum atomic E-state index is 11.9. The van der Waals surface area contributed by atoms with E-state index in [9.17, 15) is 9.90 Å². The molecular weight excluding hydrogens is 272 g/mol. The fourth-order valence-corrected chi connectivity index (χ4v) is 2.75. The minimum Gasteiger partial charge on any atom is -0.508 e. The standard InChI is InChI=1S/C15H12N2O2S/c18-10-4-3-5-11(8-10)20-9-14-16-13-7-2-1-6-12(13)15(19)17-14/h1-8,18H,9H2,(H,16,17,19). The van der Waals surface area contributed by atoms with Gasteiger partial charge in [0.15, 0.2) is 0 Å². The number of aromatic amines is 1. The SMILES string of the molecule is O=c1[nH]c(CSc2cccc(O)c2)nc2ccccc12. The van der Waals surface area contributed by atoms with Gasteiger partial charge in [-0.25, -0.2) is 4.98 Å². The molecule has 0 saturated carbocycles. The number of hydrogen-bond acceptors (Lipinski definition) is 4. The first-order valence-electron chi connectivity index (χ1n) is 6.12. The van der Waals surface area contributed by atoms with Gasteiger partial charge in [0.1, 0.15) is 11.6 Å². The van der Waals surface area contributed by atoms with Gasteiger partial charge in [0.2, 0.25) is 0 Å². The van der Waals surface area contributed by atoms with E-state index in [1.807, 2.05) is 24.3 Å². The molecule has 2 aromatic carbocycles. The lowest BCUT2D eigenvalue weighted by Crippen LogP contribution is -2.11. The molecule has 3 rings (SSSR count). The number of fused-ring (bicyclic) bond motifs is 1. The van der Waals surface area contributed by atoms with Crippen LogP contribution in [0.15, 0.2) is 58.2 Å². The van der Waals surface area contributed by atoms with E-state index in [1.165, 1.54) is 11.8 Å². The normalized spacial score (nSPS) is 10.8. The highest BCUT2D eigenvalue weighted by atomic mass is 32.2.